The fourth-order valence-corrected chi connectivity index (χ4v) is 3.42. The van der Waals surface area contributed by atoms with E-state index in [4.69, 9.17) is 9.47 Å². The summed E-state index contributed by atoms with van der Waals surface area (Å²) >= 11 is 1.58. The van der Waals surface area contributed by atoms with Crippen molar-refractivity contribution in [3.05, 3.63) is 36.2 Å². The summed E-state index contributed by atoms with van der Waals surface area (Å²) in [5.41, 5.74) is 2.56. The van der Waals surface area contributed by atoms with Gasteiger partial charge in [-0.2, -0.15) is 0 Å². The lowest BCUT2D eigenvalue weighted by atomic mass is 10.2. The van der Waals surface area contributed by atoms with E-state index in [1.165, 1.54) is 0 Å². The molecule has 2 N–H and O–H groups in total. The highest BCUT2D eigenvalue weighted by molar-refractivity contribution is 7.19. The van der Waals surface area contributed by atoms with Crippen LogP contribution in [0.4, 0.5) is 16.8 Å². The summed E-state index contributed by atoms with van der Waals surface area (Å²) in [6.07, 6.45) is 1.73. The average Bonchev–Trinajstić information content (AvgIpc) is 3.02. The highest BCUT2D eigenvalue weighted by Crippen LogP contribution is 2.32. The van der Waals surface area contributed by atoms with Crippen LogP contribution in [0.5, 0.6) is 11.5 Å². The number of nitrogens with one attached hydrogen (secondary N) is 2. The fourth-order valence-electron chi connectivity index (χ4n) is 2.41. The Balaban J connectivity index is 1.88. The Bertz CT molecular complexity index is 875. The molecule has 0 fully saturated rings. The van der Waals surface area contributed by atoms with E-state index in [2.05, 4.69) is 25.6 Å². The van der Waals surface area contributed by atoms with E-state index in [0.29, 0.717) is 17.4 Å². The van der Waals surface area contributed by atoms with Gasteiger partial charge in [0, 0.05) is 36.6 Å². The SMILES string of the molecule is CCNc1nc(C)c(-c2ccnc(Nc3cc(OC)cc(OC)c3)n2)s1. The molecule has 0 aliphatic carbocycles. The van der Waals surface area contributed by atoms with Crippen LogP contribution in [0.1, 0.15) is 12.6 Å². The van der Waals surface area contributed by atoms with Crippen molar-refractivity contribution < 1.29 is 9.47 Å². The zero-order valence-corrected chi connectivity index (χ0v) is 16.0. The van der Waals surface area contributed by atoms with Gasteiger partial charge in [-0.1, -0.05) is 11.3 Å². The highest BCUT2D eigenvalue weighted by Gasteiger charge is 2.12. The predicted octanol–water partition coefficient (Wildman–Crippen LogP) is 4.10. The van der Waals surface area contributed by atoms with Gasteiger partial charge in [-0.25, -0.2) is 15.0 Å². The highest BCUT2D eigenvalue weighted by atomic mass is 32.1. The number of thiazole rings is 1. The van der Waals surface area contributed by atoms with E-state index in [0.717, 1.165) is 33.6 Å². The molecule has 8 heteroatoms. The van der Waals surface area contributed by atoms with Crippen molar-refractivity contribution in [1.29, 1.82) is 0 Å². The van der Waals surface area contributed by atoms with Gasteiger partial charge in [0.2, 0.25) is 5.95 Å². The van der Waals surface area contributed by atoms with Gasteiger partial charge in [0.05, 0.1) is 30.5 Å². The van der Waals surface area contributed by atoms with Crippen LogP contribution in [0.2, 0.25) is 0 Å². The van der Waals surface area contributed by atoms with Crippen LogP contribution >= 0.6 is 11.3 Å². The summed E-state index contributed by atoms with van der Waals surface area (Å²) in [5, 5.41) is 7.33. The third kappa shape index (κ3) is 4.02. The molecule has 2 heterocycles. The van der Waals surface area contributed by atoms with E-state index >= 15 is 0 Å². The van der Waals surface area contributed by atoms with Crippen LogP contribution in [0, 0.1) is 6.92 Å². The van der Waals surface area contributed by atoms with Crippen LogP contribution < -0.4 is 20.1 Å². The maximum atomic E-state index is 5.30. The van der Waals surface area contributed by atoms with Gasteiger partial charge in [0.15, 0.2) is 5.13 Å². The van der Waals surface area contributed by atoms with Crippen molar-refractivity contribution in [3.8, 4) is 22.1 Å². The van der Waals surface area contributed by atoms with E-state index in [-0.39, 0.29) is 0 Å². The summed E-state index contributed by atoms with van der Waals surface area (Å²) in [5.74, 6) is 1.88. The van der Waals surface area contributed by atoms with Crippen LogP contribution in [0.3, 0.4) is 0 Å². The number of methoxy groups -OCH3 is 2. The number of hydrogen-bond acceptors (Lipinski definition) is 8. The Morgan fingerprint density at radius 1 is 1.08 bits per heavy atom. The van der Waals surface area contributed by atoms with Crippen molar-refractivity contribution >= 4 is 28.1 Å². The summed E-state index contributed by atoms with van der Waals surface area (Å²) < 4.78 is 10.6. The minimum atomic E-state index is 0.496. The Morgan fingerprint density at radius 3 is 2.46 bits per heavy atom. The monoisotopic (exact) mass is 371 g/mol. The fraction of sp³-hybridized carbons (Fsp3) is 0.278. The van der Waals surface area contributed by atoms with Gasteiger partial charge in [-0.15, -0.1) is 0 Å². The zero-order chi connectivity index (χ0) is 18.5. The third-order valence-electron chi connectivity index (χ3n) is 3.62. The molecule has 0 saturated carbocycles. The first-order chi connectivity index (χ1) is 12.6. The molecule has 3 rings (SSSR count). The minimum Gasteiger partial charge on any atom is -0.497 e. The molecular weight excluding hydrogens is 350 g/mol. The lowest BCUT2D eigenvalue weighted by Crippen LogP contribution is -1.99. The molecule has 0 radical (unpaired) electrons. The molecule has 0 bridgehead atoms. The van der Waals surface area contributed by atoms with E-state index < -0.39 is 0 Å². The van der Waals surface area contributed by atoms with Crippen molar-refractivity contribution in [3.63, 3.8) is 0 Å². The largest absolute Gasteiger partial charge is 0.497 e. The quantitative estimate of drug-likeness (QED) is 0.647. The van der Waals surface area contributed by atoms with E-state index in [1.54, 1.807) is 31.8 Å². The van der Waals surface area contributed by atoms with E-state index in [9.17, 15) is 0 Å². The Hall–Kier alpha value is -2.87. The molecule has 7 nitrogen and oxygen atoms in total. The lowest BCUT2D eigenvalue weighted by molar-refractivity contribution is 0.395. The second-order valence-corrected chi connectivity index (χ2v) is 6.45. The lowest BCUT2D eigenvalue weighted by Gasteiger charge is -2.10. The van der Waals surface area contributed by atoms with Crippen LogP contribution in [0.15, 0.2) is 30.5 Å². The number of benzene rings is 1. The van der Waals surface area contributed by atoms with Crippen molar-refractivity contribution in [2.75, 3.05) is 31.4 Å². The Kier molecular flexibility index (Phi) is 5.52. The van der Waals surface area contributed by atoms with Crippen LogP contribution in [-0.2, 0) is 0 Å². The topological polar surface area (TPSA) is 81.2 Å². The molecule has 0 aliphatic heterocycles. The number of ether oxygens (including phenoxy) is 2. The van der Waals surface area contributed by atoms with Crippen LogP contribution in [0.25, 0.3) is 10.6 Å². The standard InChI is InChI=1S/C18H21N5O2S/c1-5-19-18-21-11(2)16(26-18)15-6-7-20-17(23-15)22-12-8-13(24-3)10-14(9-12)25-4/h6-10H,5H2,1-4H3,(H,19,21)(H,20,22,23). The number of nitrogens with zero attached hydrogens (tertiary/aromatic N) is 3. The molecule has 136 valence electrons. The number of anilines is 3. The zero-order valence-electron chi connectivity index (χ0n) is 15.2. The second-order valence-electron chi connectivity index (χ2n) is 5.46. The van der Waals surface area contributed by atoms with Crippen molar-refractivity contribution in [2.45, 2.75) is 13.8 Å². The molecule has 0 unspecified atom stereocenters. The first-order valence-electron chi connectivity index (χ1n) is 8.17. The van der Waals surface area contributed by atoms with E-state index in [1.807, 2.05) is 38.1 Å². The second kappa shape index (κ2) is 8.01. The van der Waals surface area contributed by atoms with Gasteiger partial charge in [-0.3, -0.25) is 0 Å². The summed E-state index contributed by atoms with van der Waals surface area (Å²) in [6.45, 7) is 4.86. The third-order valence-corrected chi connectivity index (χ3v) is 4.76. The van der Waals surface area contributed by atoms with Gasteiger partial charge in [0.1, 0.15) is 11.5 Å². The number of aryl methyl sites for hydroxylation is 1. The number of aromatic nitrogens is 3. The maximum Gasteiger partial charge on any atom is 0.227 e. The first-order valence-corrected chi connectivity index (χ1v) is 8.99. The smallest absolute Gasteiger partial charge is 0.227 e. The molecule has 0 saturated heterocycles. The summed E-state index contributed by atoms with van der Waals surface area (Å²) in [7, 11) is 3.23. The summed E-state index contributed by atoms with van der Waals surface area (Å²) in [6, 6.07) is 7.42. The molecular formula is C18H21N5O2S. The van der Waals surface area contributed by atoms with Gasteiger partial charge >= 0.3 is 0 Å². The molecule has 0 spiro atoms. The number of hydrogen-bond donors (Lipinski definition) is 2. The average molecular weight is 371 g/mol. The normalized spacial score (nSPS) is 10.5. The Morgan fingerprint density at radius 2 is 1.81 bits per heavy atom. The minimum absolute atomic E-state index is 0.496. The first kappa shape index (κ1) is 17.9. The van der Waals surface area contributed by atoms with Crippen molar-refractivity contribution in [2.24, 2.45) is 0 Å². The molecule has 3 aromatic rings. The molecule has 26 heavy (non-hydrogen) atoms. The molecule has 2 aromatic heterocycles. The van der Waals surface area contributed by atoms with Gasteiger partial charge in [0.25, 0.3) is 0 Å². The molecule has 1 aromatic carbocycles. The number of rotatable bonds is 7. The van der Waals surface area contributed by atoms with Crippen molar-refractivity contribution in [1.82, 2.24) is 15.0 Å². The van der Waals surface area contributed by atoms with Gasteiger partial charge < -0.3 is 20.1 Å². The maximum absolute atomic E-state index is 5.30. The summed E-state index contributed by atoms with van der Waals surface area (Å²) in [4.78, 5) is 14.5. The molecule has 0 aliphatic rings. The molecule has 0 atom stereocenters. The molecule has 0 amide bonds. The van der Waals surface area contributed by atoms with Crippen LogP contribution in [-0.4, -0.2) is 35.7 Å². The predicted molar refractivity (Wildman–Crippen MR) is 105 cm³/mol. The van der Waals surface area contributed by atoms with Gasteiger partial charge in [-0.05, 0) is 19.9 Å². The Labute approximate surface area is 156 Å².